The third-order valence-corrected chi connectivity index (χ3v) is 4.47. The zero-order valence-electron chi connectivity index (χ0n) is 14.7. The van der Waals surface area contributed by atoms with Gasteiger partial charge in [-0.3, -0.25) is 10.1 Å². The van der Waals surface area contributed by atoms with Crippen LogP contribution in [0.3, 0.4) is 0 Å². The average molecular weight is 321 g/mol. The molecule has 1 heterocycles. The molecular formula is C17H27N3O3. The number of esters is 1. The molecule has 2 rings (SSSR count). The Morgan fingerprint density at radius 3 is 2.74 bits per heavy atom. The number of imidazole rings is 1. The summed E-state index contributed by atoms with van der Waals surface area (Å²) < 4.78 is 6.54. The number of carbonyl (C=O) groups is 2. The lowest BCUT2D eigenvalue weighted by molar-refractivity contribution is -0.122. The summed E-state index contributed by atoms with van der Waals surface area (Å²) >= 11 is 0. The van der Waals surface area contributed by atoms with E-state index in [2.05, 4.69) is 31.1 Å². The predicted molar refractivity (Wildman–Crippen MR) is 88.1 cm³/mol. The highest BCUT2D eigenvalue weighted by Crippen LogP contribution is 2.41. The van der Waals surface area contributed by atoms with Crippen LogP contribution in [0.4, 0.5) is 5.95 Å². The fraction of sp³-hybridized carbons (Fsp3) is 0.706. The Balaban J connectivity index is 2.07. The van der Waals surface area contributed by atoms with E-state index >= 15 is 0 Å². The van der Waals surface area contributed by atoms with Gasteiger partial charge in [0.15, 0.2) is 0 Å². The van der Waals surface area contributed by atoms with E-state index in [-0.39, 0.29) is 17.2 Å². The first-order chi connectivity index (χ1) is 10.7. The minimum Gasteiger partial charge on any atom is -0.461 e. The number of amides is 1. The Kier molecular flexibility index (Phi) is 5.12. The number of nitrogens with one attached hydrogen (secondary N) is 1. The van der Waals surface area contributed by atoms with Crippen LogP contribution in [0.2, 0.25) is 0 Å². The third-order valence-electron chi connectivity index (χ3n) is 4.47. The molecule has 1 amide bonds. The number of aromatic nitrogens is 2. The summed E-state index contributed by atoms with van der Waals surface area (Å²) in [5.41, 5.74) is 0.511. The molecule has 1 N–H and O–H groups in total. The first-order valence-electron chi connectivity index (χ1n) is 8.23. The van der Waals surface area contributed by atoms with Crippen molar-refractivity contribution in [1.29, 1.82) is 0 Å². The standard InChI is InChI=1S/C17H27N3O3/c1-6-23-15(22)13-10-18-16(20(13)5)19-14(21)12-7-11(2)8-17(3,4)9-12/h10-12H,6-9H2,1-5H3,(H,18,19,21)/t11-,12+/m0/s1. The molecular weight excluding hydrogens is 294 g/mol. The molecule has 128 valence electrons. The maximum Gasteiger partial charge on any atom is 0.356 e. The minimum atomic E-state index is -0.435. The van der Waals surface area contributed by atoms with Gasteiger partial charge in [0.1, 0.15) is 5.69 Å². The van der Waals surface area contributed by atoms with Crippen molar-refractivity contribution in [3.63, 3.8) is 0 Å². The molecule has 0 aliphatic heterocycles. The van der Waals surface area contributed by atoms with Crippen molar-refractivity contribution < 1.29 is 14.3 Å². The second kappa shape index (κ2) is 6.72. The number of carbonyl (C=O) groups excluding carboxylic acids is 2. The van der Waals surface area contributed by atoms with Crippen molar-refractivity contribution in [3.8, 4) is 0 Å². The van der Waals surface area contributed by atoms with Crippen LogP contribution in [0.25, 0.3) is 0 Å². The molecule has 1 aromatic heterocycles. The first kappa shape index (κ1) is 17.5. The lowest BCUT2D eigenvalue weighted by atomic mass is 9.68. The Morgan fingerprint density at radius 1 is 1.43 bits per heavy atom. The van der Waals surface area contributed by atoms with Gasteiger partial charge < -0.3 is 9.30 Å². The fourth-order valence-electron chi connectivity index (χ4n) is 3.68. The monoisotopic (exact) mass is 321 g/mol. The lowest BCUT2D eigenvalue weighted by Crippen LogP contribution is -2.35. The van der Waals surface area contributed by atoms with E-state index in [1.54, 1.807) is 18.5 Å². The summed E-state index contributed by atoms with van der Waals surface area (Å²) in [6.45, 7) is 8.68. The van der Waals surface area contributed by atoms with Crippen LogP contribution < -0.4 is 5.32 Å². The van der Waals surface area contributed by atoms with Crippen molar-refractivity contribution >= 4 is 17.8 Å². The van der Waals surface area contributed by atoms with Crippen LogP contribution in [0.5, 0.6) is 0 Å². The number of hydrogen-bond acceptors (Lipinski definition) is 4. The Morgan fingerprint density at radius 2 is 2.13 bits per heavy atom. The normalized spacial score (nSPS) is 23.3. The van der Waals surface area contributed by atoms with Crippen LogP contribution >= 0.6 is 0 Å². The van der Waals surface area contributed by atoms with Crippen LogP contribution in [-0.2, 0) is 16.6 Å². The quantitative estimate of drug-likeness (QED) is 0.865. The topological polar surface area (TPSA) is 73.2 Å². The van der Waals surface area contributed by atoms with Crippen LogP contribution in [0.15, 0.2) is 6.20 Å². The summed E-state index contributed by atoms with van der Waals surface area (Å²) in [5, 5.41) is 2.86. The van der Waals surface area contributed by atoms with Gasteiger partial charge >= 0.3 is 5.97 Å². The second-order valence-corrected chi connectivity index (χ2v) is 7.35. The van der Waals surface area contributed by atoms with Crippen LogP contribution in [0, 0.1) is 17.3 Å². The van der Waals surface area contributed by atoms with Crippen LogP contribution in [0.1, 0.15) is 57.4 Å². The van der Waals surface area contributed by atoms with Crippen molar-refractivity contribution in [3.05, 3.63) is 11.9 Å². The second-order valence-electron chi connectivity index (χ2n) is 7.35. The summed E-state index contributed by atoms with van der Waals surface area (Å²) in [4.78, 5) is 28.5. The van der Waals surface area contributed by atoms with Gasteiger partial charge in [-0.2, -0.15) is 0 Å². The van der Waals surface area contributed by atoms with Gasteiger partial charge in [-0.15, -0.1) is 0 Å². The van der Waals surface area contributed by atoms with E-state index in [0.717, 1.165) is 19.3 Å². The number of hydrogen-bond donors (Lipinski definition) is 1. The van der Waals surface area contributed by atoms with E-state index in [0.29, 0.717) is 24.2 Å². The molecule has 6 nitrogen and oxygen atoms in total. The van der Waals surface area contributed by atoms with Gasteiger partial charge in [-0.1, -0.05) is 20.8 Å². The number of rotatable bonds is 4. The van der Waals surface area contributed by atoms with Gasteiger partial charge in [0, 0.05) is 13.0 Å². The SMILES string of the molecule is CCOC(=O)c1cnc(NC(=O)[C@@H]2C[C@H](C)CC(C)(C)C2)n1C. The summed E-state index contributed by atoms with van der Waals surface area (Å²) in [7, 11) is 1.70. The Bertz CT molecular complexity index is 592. The van der Waals surface area contributed by atoms with Gasteiger partial charge in [0.2, 0.25) is 11.9 Å². The summed E-state index contributed by atoms with van der Waals surface area (Å²) in [6, 6.07) is 0. The molecule has 0 saturated heterocycles. The number of nitrogens with zero attached hydrogens (tertiary/aromatic N) is 2. The smallest absolute Gasteiger partial charge is 0.356 e. The number of anilines is 1. The van der Waals surface area contributed by atoms with Crippen molar-refractivity contribution in [2.45, 2.75) is 47.0 Å². The van der Waals surface area contributed by atoms with E-state index in [1.807, 2.05) is 0 Å². The molecule has 1 aromatic rings. The molecule has 1 aliphatic carbocycles. The zero-order chi connectivity index (χ0) is 17.2. The fourth-order valence-corrected chi connectivity index (χ4v) is 3.68. The van der Waals surface area contributed by atoms with Gasteiger partial charge in [-0.25, -0.2) is 9.78 Å². The lowest BCUT2D eigenvalue weighted by Gasteiger charge is -2.38. The molecule has 0 bridgehead atoms. The third kappa shape index (κ3) is 4.12. The highest BCUT2D eigenvalue weighted by Gasteiger charge is 2.35. The van der Waals surface area contributed by atoms with Gasteiger partial charge in [0.25, 0.3) is 0 Å². The highest BCUT2D eigenvalue weighted by molar-refractivity contribution is 5.93. The van der Waals surface area contributed by atoms with Crippen molar-refractivity contribution in [2.24, 2.45) is 24.3 Å². The molecule has 6 heteroatoms. The summed E-state index contributed by atoms with van der Waals surface area (Å²) in [5.74, 6) is 0.445. The van der Waals surface area contributed by atoms with Crippen molar-refractivity contribution in [2.75, 3.05) is 11.9 Å². The van der Waals surface area contributed by atoms with E-state index in [1.165, 1.54) is 6.20 Å². The number of ether oxygens (including phenoxy) is 1. The predicted octanol–water partition coefficient (Wildman–Crippen LogP) is 3.00. The molecule has 1 aliphatic rings. The maximum atomic E-state index is 12.6. The molecule has 1 fully saturated rings. The molecule has 23 heavy (non-hydrogen) atoms. The van der Waals surface area contributed by atoms with Gasteiger partial charge in [-0.05, 0) is 37.5 Å². The maximum absolute atomic E-state index is 12.6. The average Bonchev–Trinajstić information content (AvgIpc) is 2.78. The largest absolute Gasteiger partial charge is 0.461 e. The van der Waals surface area contributed by atoms with Gasteiger partial charge in [0.05, 0.1) is 12.8 Å². The zero-order valence-corrected chi connectivity index (χ0v) is 14.7. The van der Waals surface area contributed by atoms with E-state index in [9.17, 15) is 9.59 Å². The molecule has 0 spiro atoms. The summed E-state index contributed by atoms with van der Waals surface area (Å²) in [6.07, 6.45) is 4.34. The van der Waals surface area contributed by atoms with E-state index in [4.69, 9.17) is 4.74 Å². The highest BCUT2D eigenvalue weighted by atomic mass is 16.5. The van der Waals surface area contributed by atoms with Crippen molar-refractivity contribution in [1.82, 2.24) is 9.55 Å². The first-order valence-corrected chi connectivity index (χ1v) is 8.23. The molecule has 0 unspecified atom stereocenters. The molecule has 0 aromatic carbocycles. The van der Waals surface area contributed by atoms with Crippen LogP contribution in [-0.4, -0.2) is 28.0 Å². The molecule has 1 saturated carbocycles. The Labute approximate surface area is 137 Å². The van der Waals surface area contributed by atoms with E-state index < -0.39 is 5.97 Å². The molecule has 2 atom stereocenters. The Hall–Kier alpha value is -1.85. The molecule has 0 radical (unpaired) electrons. The minimum absolute atomic E-state index is 0.0171.